The van der Waals surface area contributed by atoms with Crippen LogP contribution >= 0.6 is 0 Å². The molecule has 0 radical (unpaired) electrons. The van der Waals surface area contributed by atoms with Crippen LogP contribution in [0.25, 0.3) is 5.69 Å². The smallest absolute Gasteiger partial charge is 0.251 e. The predicted molar refractivity (Wildman–Crippen MR) is 95.7 cm³/mol. The van der Waals surface area contributed by atoms with E-state index in [1.54, 1.807) is 4.68 Å². The lowest BCUT2D eigenvalue weighted by molar-refractivity contribution is 0.0949. The summed E-state index contributed by atoms with van der Waals surface area (Å²) in [5.41, 5.74) is 6.02. The van der Waals surface area contributed by atoms with E-state index >= 15 is 0 Å². The molecule has 0 aliphatic heterocycles. The first-order valence-corrected chi connectivity index (χ1v) is 8.15. The Bertz CT molecular complexity index is 909. The summed E-state index contributed by atoms with van der Waals surface area (Å²) in [6, 6.07) is 11.8. The fourth-order valence-electron chi connectivity index (χ4n) is 2.74. The Labute approximate surface area is 146 Å². The molecule has 1 heterocycles. The van der Waals surface area contributed by atoms with Gasteiger partial charge in [-0.2, -0.15) is 4.68 Å². The van der Waals surface area contributed by atoms with Gasteiger partial charge in [0.2, 0.25) is 0 Å². The summed E-state index contributed by atoms with van der Waals surface area (Å²) in [5.74, 6) is 0.447. The molecule has 6 heteroatoms. The van der Waals surface area contributed by atoms with Crippen LogP contribution in [0.4, 0.5) is 0 Å². The SMILES string of the molecule is Cc1cc(C)cc(C(=O)NCc2nnnn2-c2ccc(C)c(C)c2)c1. The van der Waals surface area contributed by atoms with Gasteiger partial charge in [0.25, 0.3) is 5.91 Å². The van der Waals surface area contributed by atoms with Gasteiger partial charge in [-0.1, -0.05) is 23.3 Å². The van der Waals surface area contributed by atoms with Crippen molar-refractivity contribution in [1.29, 1.82) is 0 Å². The molecule has 0 aliphatic rings. The van der Waals surface area contributed by atoms with Crippen molar-refractivity contribution >= 4 is 5.91 Å². The standard InChI is InChI=1S/C19H21N5O/c1-12-7-13(2)9-16(8-12)19(25)20-11-18-21-22-23-24(18)17-6-5-14(3)15(4)10-17/h5-10H,11H2,1-4H3,(H,20,25). The van der Waals surface area contributed by atoms with Gasteiger partial charge >= 0.3 is 0 Å². The number of aryl methyl sites for hydroxylation is 4. The van der Waals surface area contributed by atoms with E-state index in [0.29, 0.717) is 11.4 Å². The maximum absolute atomic E-state index is 12.4. The Morgan fingerprint density at radius 3 is 2.40 bits per heavy atom. The molecule has 1 N–H and O–H groups in total. The van der Waals surface area contributed by atoms with Crippen molar-refractivity contribution in [2.75, 3.05) is 0 Å². The summed E-state index contributed by atoms with van der Waals surface area (Å²) in [6.45, 7) is 8.31. The third-order valence-corrected chi connectivity index (χ3v) is 4.16. The van der Waals surface area contributed by atoms with Gasteiger partial charge in [-0.25, -0.2) is 0 Å². The first kappa shape index (κ1) is 16.8. The highest BCUT2D eigenvalue weighted by atomic mass is 16.1. The molecule has 128 valence electrons. The predicted octanol–water partition coefficient (Wildman–Crippen LogP) is 2.83. The topological polar surface area (TPSA) is 72.7 Å². The molecule has 3 rings (SSSR count). The first-order chi connectivity index (χ1) is 11.9. The highest BCUT2D eigenvalue weighted by molar-refractivity contribution is 5.94. The number of benzene rings is 2. The van der Waals surface area contributed by atoms with Crippen LogP contribution in [0.2, 0.25) is 0 Å². The van der Waals surface area contributed by atoms with Crippen LogP contribution < -0.4 is 5.32 Å². The molecule has 0 saturated carbocycles. The van der Waals surface area contributed by atoms with Gasteiger partial charge < -0.3 is 5.32 Å². The Balaban J connectivity index is 1.77. The first-order valence-electron chi connectivity index (χ1n) is 8.15. The lowest BCUT2D eigenvalue weighted by Crippen LogP contribution is -2.25. The number of amides is 1. The average molecular weight is 335 g/mol. The van der Waals surface area contributed by atoms with E-state index in [2.05, 4.69) is 27.8 Å². The number of aromatic nitrogens is 4. The minimum absolute atomic E-state index is 0.138. The van der Waals surface area contributed by atoms with Crippen LogP contribution in [0.3, 0.4) is 0 Å². The van der Waals surface area contributed by atoms with Gasteiger partial charge in [0.15, 0.2) is 5.82 Å². The van der Waals surface area contributed by atoms with Gasteiger partial charge in [0.1, 0.15) is 0 Å². The maximum Gasteiger partial charge on any atom is 0.251 e. The van der Waals surface area contributed by atoms with Crippen molar-refractivity contribution in [2.45, 2.75) is 34.2 Å². The zero-order chi connectivity index (χ0) is 18.0. The third-order valence-electron chi connectivity index (χ3n) is 4.16. The quantitative estimate of drug-likeness (QED) is 0.796. The normalized spacial score (nSPS) is 10.7. The number of carbonyl (C=O) groups excluding carboxylic acids is 1. The number of nitrogens with zero attached hydrogens (tertiary/aromatic N) is 4. The van der Waals surface area contributed by atoms with E-state index in [-0.39, 0.29) is 12.5 Å². The third kappa shape index (κ3) is 3.74. The highest BCUT2D eigenvalue weighted by Gasteiger charge is 2.12. The lowest BCUT2D eigenvalue weighted by atomic mass is 10.1. The number of hydrogen-bond donors (Lipinski definition) is 1. The fourth-order valence-corrected chi connectivity index (χ4v) is 2.74. The maximum atomic E-state index is 12.4. The molecule has 0 fully saturated rings. The molecule has 6 nitrogen and oxygen atoms in total. The van der Waals surface area contributed by atoms with E-state index in [1.807, 2.05) is 57.2 Å². The van der Waals surface area contributed by atoms with Crippen molar-refractivity contribution in [3.05, 3.63) is 70.0 Å². The Morgan fingerprint density at radius 2 is 1.72 bits per heavy atom. The molecule has 0 atom stereocenters. The van der Waals surface area contributed by atoms with Crippen LogP contribution in [0.5, 0.6) is 0 Å². The molecule has 1 amide bonds. The monoisotopic (exact) mass is 335 g/mol. The highest BCUT2D eigenvalue weighted by Crippen LogP contribution is 2.14. The summed E-state index contributed by atoms with van der Waals surface area (Å²) in [5, 5.41) is 14.7. The second kappa shape index (κ2) is 6.84. The molecule has 0 saturated heterocycles. The van der Waals surface area contributed by atoms with Crippen molar-refractivity contribution < 1.29 is 4.79 Å². The van der Waals surface area contributed by atoms with Crippen LogP contribution in [0.1, 0.15) is 38.4 Å². The summed E-state index contributed by atoms with van der Waals surface area (Å²) in [7, 11) is 0. The van der Waals surface area contributed by atoms with E-state index in [0.717, 1.165) is 16.8 Å². The lowest BCUT2D eigenvalue weighted by Gasteiger charge is -2.09. The number of carbonyl (C=O) groups is 1. The number of rotatable bonds is 4. The van der Waals surface area contributed by atoms with Crippen molar-refractivity contribution in [3.63, 3.8) is 0 Å². The largest absolute Gasteiger partial charge is 0.345 e. The molecule has 2 aromatic carbocycles. The van der Waals surface area contributed by atoms with Crippen LogP contribution in [-0.4, -0.2) is 26.1 Å². The Kier molecular flexibility index (Phi) is 4.61. The van der Waals surface area contributed by atoms with E-state index in [9.17, 15) is 4.79 Å². The van der Waals surface area contributed by atoms with Crippen LogP contribution in [0.15, 0.2) is 36.4 Å². The second-order valence-electron chi connectivity index (χ2n) is 6.33. The number of tetrazole rings is 1. The van der Waals surface area contributed by atoms with Gasteiger partial charge in [0, 0.05) is 5.56 Å². The fraction of sp³-hybridized carbons (Fsp3) is 0.263. The van der Waals surface area contributed by atoms with Gasteiger partial charge in [-0.3, -0.25) is 4.79 Å². The summed E-state index contributed by atoms with van der Waals surface area (Å²) in [4.78, 5) is 12.4. The number of hydrogen-bond acceptors (Lipinski definition) is 4. The minimum atomic E-state index is -0.138. The number of nitrogens with one attached hydrogen (secondary N) is 1. The molecule has 3 aromatic rings. The zero-order valence-corrected chi connectivity index (χ0v) is 14.9. The van der Waals surface area contributed by atoms with Crippen molar-refractivity contribution in [1.82, 2.24) is 25.5 Å². The Morgan fingerprint density at radius 1 is 1.00 bits per heavy atom. The Hall–Kier alpha value is -3.02. The van der Waals surface area contributed by atoms with E-state index < -0.39 is 0 Å². The molecular formula is C19H21N5O. The van der Waals surface area contributed by atoms with Gasteiger partial charge in [0.05, 0.1) is 12.2 Å². The summed E-state index contributed by atoms with van der Waals surface area (Å²) >= 11 is 0. The van der Waals surface area contributed by atoms with Crippen LogP contribution in [0, 0.1) is 27.7 Å². The summed E-state index contributed by atoms with van der Waals surface area (Å²) in [6.07, 6.45) is 0. The molecule has 1 aromatic heterocycles. The van der Waals surface area contributed by atoms with Crippen molar-refractivity contribution in [3.8, 4) is 5.69 Å². The molecular weight excluding hydrogens is 314 g/mol. The molecule has 0 unspecified atom stereocenters. The molecule has 0 bridgehead atoms. The van der Waals surface area contributed by atoms with Crippen LogP contribution in [-0.2, 0) is 6.54 Å². The molecule has 0 aliphatic carbocycles. The van der Waals surface area contributed by atoms with Gasteiger partial charge in [-0.05, 0) is 73.5 Å². The minimum Gasteiger partial charge on any atom is -0.345 e. The molecule has 0 spiro atoms. The van der Waals surface area contributed by atoms with Crippen molar-refractivity contribution in [2.24, 2.45) is 0 Å². The average Bonchev–Trinajstić information content (AvgIpc) is 3.02. The second-order valence-corrected chi connectivity index (χ2v) is 6.33. The van der Waals surface area contributed by atoms with E-state index in [4.69, 9.17) is 0 Å². The summed E-state index contributed by atoms with van der Waals surface area (Å²) < 4.78 is 1.65. The van der Waals surface area contributed by atoms with Gasteiger partial charge in [-0.15, -0.1) is 5.10 Å². The molecule has 25 heavy (non-hydrogen) atoms. The zero-order valence-electron chi connectivity index (χ0n) is 14.9. The van der Waals surface area contributed by atoms with E-state index in [1.165, 1.54) is 11.1 Å².